The second-order valence-corrected chi connectivity index (χ2v) is 9.37. The van der Waals surface area contributed by atoms with Crippen LogP contribution in [0.25, 0.3) is 32.7 Å². The van der Waals surface area contributed by atoms with Gasteiger partial charge in [-0.15, -0.1) is 0 Å². The molecule has 0 radical (unpaired) electrons. The van der Waals surface area contributed by atoms with E-state index in [4.69, 9.17) is 4.74 Å². The van der Waals surface area contributed by atoms with Gasteiger partial charge in [0, 0.05) is 0 Å². The van der Waals surface area contributed by atoms with Gasteiger partial charge in [-0.2, -0.15) is 0 Å². The summed E-state index contributed by atoms with van der Waals surface area (Å²) in [7, 11) is 0. The van der Waals surface area contributed by atoms with E-state index in [9.17, 15) is 4.79 Å². The molecule has 0 heterocycles. The van der Waals surface area contributed by atoms with Gasteiger partial charge in [-0.05, 0) is 99.5 Å². The van der Waals surface area contributed by atoms with Crippen LogP contribution < -0.4 is 0 Å². The Labute approximate surface area is 207 Å². The average molecular weight is 459 g/mol. The first kappa shape index (κ1) is 22.9. The van der Waals surface area contributed by atoms with E-state index in [0.717, 1.165) is 17.4 Å². The smallest absolute Gasteiger partial charge is 0.338 e. The molecule has 0 spiro atoms. The molecule has 174 valence electrons. The summed E-state index contributed by atoms with van der Waals surface area (Å²) in [4.78, 5) is 12.8. The van der Waals surface area contributed by atoms with Gasteiger partial charge in [-0.3, -0.25) is 0 Å². The topological polar surface area (TPSA) is 26.3 Å². The zero-order chi connectivity index (χ0) is 24.4. The van der Waals surface area contributed by atoms with E-state index in [0.29, 0.717) is 11.5 Å². The van der Waals surface area contributed by atoms with E-state index >= 15 is 0 Å². The maximum Gasteiger partial charge on any atom is 0.338 e. The van der Waals surface area contributed by atoms with Gasteiger partial charge >= 0.3 is 5.97 Å². The predicted octanol–water partition coefficient (Wildman–Crippen LogP) is 9.09. The van der Waals surface area contributed by atoms with E-state index in [1.54, 1.807) is 0 Å². The fourth-order valence-electron chi connectivity index (χ4n) is 4.56. The predicted molar refractivity (Wildman–Crippen MR) is 146 cm³/mol. The lowest BCUT2D eigenvalue weighted by Crippen LogP contribution is -2.09. The van der Waals surface area contributed by atoms with Crippen molar-refractivity contribution in [3.63, 3.8) is 0 Å². The highest BCUT2D eigenvalue weighted by atomic mass is 16.5. The van der Waals surface area contributed by atoms with Gasteiger partial charge in [0.25, 0.3) is 0 Å². The molecule has 5 rings (SSSR count). The van der Waals surface area contributed by atoms with Gasteiger partial charge in [0.2, 0.25) is 0 Å². The van der Waals surface area contributed by atoms with Gasteiger partial charge in [-0.1, -0.05) is 80.6 Å². The van der Waals surface area contributed by atoms with Gasteiger partial charge in [0.05, 0.1) is 5.56 Å². The highest BCUT2D eigenvalue weighted by Crippen LogP contribution is 2.30. The standard InChI is InChI=1S/C33H30O2/c1-4-22(2)24-10-12-26(13-11-24)33(34)35-23(3)27-14-15-29-19-30-17-16-28(25-8-6-5-7-9-25)20-32(30)21-31(29)18-27/h5-23H,4H2,1-3H3. The molecule has 5 aromatic carbocycles. The summed E-state index contributed by atoms with van der Waals surface area (Å²) in [5, 5.41) is 4.72. The Bertz CT molecular complexity index is 1480. The minimum Gasteiger partial charge on any atom is -0.454 e. The molecule has 0 saturated heterocycles. The maximum absolute atomic E-state index is 12.8. The minimum atomic E-state index is -0.340. The Balaban J connectivity index is 1.39. The van der Waals surface area contributed by atoms with E-state index in [1.807, 2.05) is 37.3 Å². The fraction of sp³-hybridized carbons (Fsp3) is 0.182. The molecular formula is C33H30O2. The van der Waals surface area contributed by atoms with Gasteiger partial charge in [0.15, 0.2) is 0 Å². The molecule has 5 aromatic rings. The van der Waals surface area contributed by atoms with E-state index in [2.05, 4.69) is 86.6 Å². The van der Waals surface area contributed by atoms with Crippen LogP contribution in [0.5, 0.6) is 0 Å². The third kappa shape index (κ3) is 4.83. The van der Waals surface area contributed by atoms with Crippen LogP contribution in [0, 0.1) is 0 Å². The number of rotatable bonds is 6. The third-order valence-corrected chi connectivity index (χ3v) is 7.01. The van der Waals surface area contributed by atoms with Crippen LogP contribution in [0.2, 0.25) is 0 Å². The van der Waals surface area contributed by atoms with Crippen molar-refractivity contribution in [3.8, 4) is 11.1 Å². The van der Waals surface area contributed by atoms with E-state index in [1.165, 1.54) is 32.8 Å². The number of hydrogen-bond donors (Lipinski definition) is 0. The molecule has 0 bridgehead atoms. The Hall–Kier alpha value is -3.91. The summed E-state index contributed by atoms with van der Waals surface area (Å²) in [6.45, 7) is 6.30. The molecule has 2 heteroatoms. The molecule has 0 aromatic heterocycles. The summed E-state index contributed by atoms with van der Waals surface area (Å²) in [6, 6.07) is 35.6. The number of ether oxygens (including phenoxy) is 1. The molecule has 0 aliphatic carbocycles. The molecular weight excluding hydrogens is 428 g/mol. The van der Waals surface area contributed by atoms with Crippen molar-refractivity contribution in [2.24, 2.45) is 0 Å². The Morgan fingerprint density at radius 2 is 1.29 bits per heavy atom. The highest BCUT2D eigenvalue weighted by Gasteiger charge is 2.15. The number of carbonyl (C=O) groups excluding carboxylic acids is 1. The van der Waals surface area contributed by atoms with Crippen molar-refractivity contribution in [2.75, 3.05) is 0 Å². The third-order valence-electron chi connectivity index (χ3n) is 7.01. The second-order valence-electron chi connectivity index (χ2n) is 9.37. The van der Waals surface area contributed by atoms with Crippen molar-refractivity contribution in [2.45, 2.75) is 39.2 Å². The monoisotopic (exact) mass is 458 g/mol. The lowest BCUT2D eigenvalue weighted by Gasteiger charge is -2.15. The van der Waals surface area contributed by atoms with Crippen molar-refractivity contribution in [3.05, 3.63) is 120 Å². The van der Waals surface area contributed by atoms with Crippen LogP contribution in [0.4, 0.5) is 0 Å². The lowest BCUT2D eigenvalue weighted by atomic mass is 9.97. The molecule has 0 saturated carbocycles. The molecule has 2 atom stereocenters. The normalized spacial score (nSPS) is 13.0. The zero-order valence-corrected chi connectivity index (χ0v) is 20.5. The van der Waals surface area contributed by atoms with Crippen molar-refractivity contribution in [1.82, 2.24) is 0 Å². The van der Waals surface area contributed by atoms with Crippen molar-refractivity contribution in [1.29, 1.82) is 0 Å². The number of carbonyl (C=O) groups is 1. The number of benzene rings is 5. The van der Waals surface area contributed by atoms with Gasteiger partial charge in [0.1, 0.15) is 6.10 Å². The highest BCUT2D eigenvalue weighted by molar-refractivity contribution is 6.00. The number of fused-ring (bicyclic) bond motifs is 2. The maximum atomic E-state index is 12.8. The number of hydrogen-bond acceptors (Lipinski definition) is 2. The summed E-state index contributed by atoms with van der Waals surface area (Å²) in [6.07, 6.45) is 0.735. The summed E-state index contributed by atoms with van der Waals surface area (Å²) in [5.41, 5.74) is 5.23. The first-order chi connectivity index (χ1) is 17.0. The Morgan fingerprint density at radius 1 is 0.657 bits per heavy atom. The fourth-order valence-corrected chi connectivity index (χ4v) is 4.56. The first-order valence-corrected chi connectivity index (χ1v) is 12.4. The molecule has 0 fully saturated rings. The largest absolute Gasteiger partial charge is 0.454 e. The molecule has 0 amide bonds. The van der Waals surface area contributed by atoms with Crippen LogP contribution in [0.15, 0.2) is 103 Å². The molecule has 35 heavy (non-hydrogen) atoms. The van der Waals surface area contributed by atoms with Gasteiger partial charge < -0.3 is 4.74 Å². The quantitative estimate of drug-likeness (QED) is 0.187. The second kappa shape index (κ2) is 9.76. The van der Waals surface area contributed by atoms with Crippen LogP contribution in [0.3, 0.4) is 0 Å². The van der Waals surface area contributed by atoms with Crippen LogP contribution >= 0.6 is 0 Å². The van der Waals surface area contributed by atoms with Crippen molar-refractivity contribution >= 4 is 27.5 Å². The zero-order valence-electron chi connectivity index (χ0n) is 20.5. The Kier molecular flexibility index (Phi) is 6.37. The van der Waals surface area contributed by atoms with Crippen LogP contribution in [-0.4, -0.2) is 5.97 Å². The average Bonchev–Trinajstić information content (AvgIpc) is 2.91. The molecule has 0 aliphatic heterocycles. The van der Waals surface area contributed by atoms with Crippen molar-refractivity contribution < 1.29 is 9.53 Å². The lowest BCUT2D eigenvalue weighted by molar-refractivity contribution is 0.0338. The Morgan fingerprint density at radius 3 is 2.00 bits per heavy atom. The summed E-state index contributed by atoms with van der Waals surface area (Å²) < 4.78 is 5.82. The number of esters is 1. The van der Waals surface area contributed by atoms with Crippen LogP contribution in [-0.2, 0) is 4.74 Å². The molecule has 0 aliphatic rings. The van der Waals surface area contributed by atoms with Gasteiger partial charge in [-0.25, -0.2) is 4.79 Å². The first-order valence-electron chi connectivity index (χ1n) is 12.4. The summed E-state index contributed by atoms with van der Waals surface area (Å²) >= 11 is 0. The molecule has 2 unspecified atom stereocenters. The molecule has 0 N–H and O–H groups in total. The molecule has 2 nitrogen and oxygen atoms in total. The van der Waals surface area contributed by atoms with E-state index < -0.39 is 0 Å². The summed E-state index contributed by atoms with van der Waals surface area (Å²) in [5.74, 6) is 0.191. The van der Waals surface area contributed by atoms with Crippen LogP contribution in [0.1, 0.15) is 60.7 Å². The van der Waals surface area contributed by atoms with E-state index in [-0.39, 0.29) is 12.1 Å². The SMILES string of the molecule is CCC(C)c1ccc(C(=O)OC(C)c2ccc3cc4ccc(-c5ccccc5)cc4cc3c2)cc1. The minimum absolute atomic E-state index is 0.292.